The van der Waals surface area contributed by atoms with Gasteiger partial charge in [0.2, 0.25) is 11.0 Å². The number of piperidine rings is 1. The van der Waals surface area contributed by atoms with Crippen molar-refractivity contribution in [3.05, 3.63) is 34.3 Å². The number of hydrogen-bond acceptors (Lipinski definition) is 6. The third-order valence-corrected chi connectivity index (χ3v) is 6.98. The van der Waals surface area contributed by atoms with Crippen LogP contribution in [0.3, 0.4) is 0 Å². The highest BCUT2D eigenvalue weighted by molar-refractivity contribution is 9.10. The molecule has 0 radical (unpaired) electrons. The summed E-state index contributed by atoms with van der Waals surface area (Å²) in [5.74, 6) is 1.67. The average molecular weight is 464 g/mol. The molecule has 2 aliphatic heterocycles. The van der Waals surface area contributed by atoms with Gasteiger partial charge in [-0.15, -0.1) is 0 Å². The topological polar surface area (TPSA) is 62.2 Å². The van der Waals surface area contributed by atoms with E-state index in [0.717, 1.165) is 66.4 Å². The molecule has 4 heterocycles. The van der Waals surface area contributed by atoms with E-state index in [0.29, 0.717) is 17.9 Å². The Morgan fingerprint density at radius 1 is 1.21 bits per heavy atom. The lowest BCUT2D eigenvalue weighted by molar-refractivity contribution is -0.133. The third kappa shape index (κ3) is 4.22. The predicted octanol–water partition coefficient (Wildman–Crippen LogP) is 3.88. The molecular formula is C20H26BrN5OS. The SMILES string of the molecule is CC(C)c1nsc(N2CCC(N3CC[C@H](Cc4ccc(Br)cn4)C3=O)CC2)n1. The average Bonchev–Trinajstić information content (AvgIpc) is 3.32. The number of carbonyl (C=O) groups excluding carboxylic acids is 1. The molecule has 0 saturated carbocycles. The van der Waals surface area contributed by atoms with E-state index in [1.165, 1.54) is 11.5 Å². The summed E-state index contributed by atoms with van der Waals surface area (Å²) in [6.45, 7) is 7.01. The number of aromatic nitrogens is 3. The maximum Gasteiger partial charge on any atom is 0.226 e. The molecular weight excluding hydrogens is 438 g/mol. The number of halogens is 1. The van der Waals surface area contributed by atoms with Gasteiger partial charge in [0.1, 0.15) is 5.82 Å². The monoisotopic (exact) mass is 463 g/mol. The summed E-state index contributed by atoms with van der Waals surface area (Å²) in [5.41, 5.74) is 0.996. The second-order valence-corrected chi connectivity index (χ2v) is 9.64. The zero-order valence-electron chi connectivity index (χ0n) is 16.3. The van der Waals surface area contributed by atoms with Gasteiger partial charge in [-0.3, -0.25) is 9.78 Å². The molecule has 1 atom stereocenters. The molecule has 0 N–H and O–H groups in total. The van der Waals surface area contributed by atoms with Gasteiger partial charge >= 0.3 is 0 Å². The normalized spacial score (nSPS) is 21.1. The lowest BCUT2D eigenvalue weighted by Gasteiger charge is -2.36. The van der Waals surface area contributed by atoms with Crippen molar-refractivity contribution in [3.8, 4) is 0 Å². The molecule has 2 fully saturated rings. The van der Waals surface area contributed by atoms with Gasteiger partial charge in [-0.2, -0.15) is 4.37 Å². The van der Waals surface area contributed by atoms with Crippen molar-refractivity contribution in [3.63, 3.8) is 0 Å². The van der Waals surface area contributed by atoms with Crippen LogP contribution in [0.2, 0.25) is 0 Å². The Labute approximate surface area is 178 Å². The lowest BCUT2D eigenvalue weighted by atomic mass is 10.0. The third-order valence-electron chi connectivity index (χ3n) is 5.72. The van der Waals surface area contributed by atoms with E-state index in [-0.39, 0.29) is 5.92 Å². The van der Waals surface area contributed by atoms with Crippen LogP contribution in [0.15, 0.2) is 22.8 Å². The molecule has 0 spiro atoms. The summed E-state index contributed by atoms with van der Waals surface area (Å²) in [6, 6.07) is 4.35. The molecule has 28 heavy (non-hydrogen) atoms. The maximum absolute atomic E-state index is 13.0. The number of hydrogen-bond donors (Lipinski definition) is 0. The molecule has 4 rings (SSSR count). The first-order valence-corrected chi connectivity index (χ1v) is 11.6. The van der Waals surface area contributed by atoms with Crippen molar-refractivity contribution < 1.29 is 4.79 Å². The summed E-state index contributed by atoms with van der Waals surface area (Å²) in [4.78, 5) is 26.5. The Hall–Kier alpha value is -1.54. The van der Waals surface area contributed by atoms with Gasteiger partial charge in [0, 0.05) is 71.8 Å². The Kier molecular flexibility index (Phi) is 5.96. The van der Waals surface area contributed by atoms with Gasteiger partial charge in [-0.25, -0.2) is 4.98 Å². The van der Waals surface area contributed by atoms with Gasteiger partial charge in [0.15, 0.2) is 0 Å². The first-order valence-electron chi connectivity index (χ1n) is 10.0. The second-order valence-electron chi connectivity index (χ2n) is 8.00. The molecule has 150 valence electrons. The van der Waals surface area contributed by atoms with E-state index >= 15 is 0 Å². The molecule has 0 aliphatic carbocycles. The number of nitrogens with zero attached hydrogens (tertiary/aromatic N) is 5. The van der Waals surface area contributed by atoms with Gasteiger partial charge in [0.05, 0.1) is 0 Å². The summed E-state index contributed by atoms with van der Waals surface area (Å²) in [7, 11) is 0. The van der Waals surface area contributed by atoms with Crippen molar-refractivity contribution in [2.24, 2.45) is 5.92 Å². The summed E-state index contributed by atoms with van der Waals surface area (Å²) in [6.07, 6.45) is 5.49. The lowest BCUT2D eigenvalue weighted by Crippen LogP contribution is -2.46. The van der Waals surface area contributed by atoms with Crippen LogP contribution in [-0.4, -0.2) is 50.8 Å². The number of likely N-dealkylation sites (tertiary alicyclic amines) is 1. The summed E-state index contributed by atoms with van der Waals surface area (Å²) >= 11 is 4.91. The van der Waals surface area contributed by atoms with Gasteiger partial charge in [-0.1, -0.05) is 13.8 Å². The Balaban J connectivity index is 1.32. The fourth-order valence-electron chi connectivity index (χ4n) is 4.05. The summed E-state index contributed by atoms with van der Waals surface area (Å²) < 4.78 is 5.44. The van der Waals surface area contributed by atoms with E-state index in [4.69, 9.17) is 0 Å². The van der Waals surface area contributed by atoms with Crippen LogP contribution in [0.4, 0.5) is 5.13 Å². The minimum absolute atomic E-state index is 0.0727. The fourth-order valence-corrected chi connectivity index (χ4v) is 5.15. The zero-order valence-corrected chi connectivity index (χ0v) is 18.7. The number of rotatable bonds is 5. The Morgan fingerprint density at radius 2 is 2.00 bits per heavy atom. The van der Waals surface area contributed by atoms with Crippen molar-refractivity contribution in [1.82, 2.24) is 19.2 Å². The Morgan fingerprint density at radius 3 is 2.64 bits per heavy atom. The molecule has 8 heteroatoms. The summed E-state index contributed by atoms with van der Waals surface area (Å²) in [5, 5.41) is 1.02. The number of pyridine rings is 1. The van der Waals surface area contributed by atoms with E-state index in [2.05, 4.69) is 53.9 Å². The highest BCUT2D eigenvalue weighted by Gasteiger charge is 2.37. The zero-order chi connectivity index (χ0) is 19.7. The molecule has 2 aromatic heterocycles. The van der Waals surface area contributed by atoms with Gasteiger partial charge in [0.25, 0.3) is 0 Å². The van der Waals surface area contributed by atoms with Crippen LogP contribution < -0.4 is 4.90 Å². The molecule has 1 amide bonds. The molecule has 2 aromatic rings. The van der Waals surface area contributed by atoms with Crippen molar-refractivity contribution in [1.29, 1.82) is 0 Å². The van der Waals surface area contributed by atoms with Gasteiger partial charge < -0.3 is 9.80 Å². The van der Waals surface area contributed by atoms with Crippen LogP contribution >= 0.6 is 27.5 Å². The minimum Gasteiger partial charge on any atom is -0.347 e. The van der Waals surface area contributed by atoms with Crippen molar-refractivity contribution >= 4 is 38.5 Å². The quantitative estimate of drug-likeness (QED) is 0.672. The van der Waals surface area contributed by atoms with Crippen LogP contribution in [-0.2, 0) is 11.2 Å². The first-order chi connectivity index (χ1) is 13.5. The first kappa shape index (κ1) is 19.8. The van der Waals surface area contributed by atoms with Crippen LogP contribution in [0.1, 0.15) is 50.5 Å². The number of carbonyl (C=O) groups is 1. The van der Waals surface area contributed by atoms with E-state index in [1.54, 1.807) is 6.20 Å². The smallest absolute Gasteiger partial charge is 0.226 e. The van der Waals surface area contributed by atoms with Crippen molar-refractivity contribution in [2.75, 3.05) is 24.5 Å². The van der Waals surface area contributed by atoms with Crippen molar-refractivity contribution in [2.45, 2.75) is 51.5 Å². The highest BCUT2D eigenvalue weighted by Crippen LogP contribution is 2.30. The molecule has 2 saturated heterocycles. The molecule has 2 aliphatic rings. The van der Waals surface area contributed by atoms with E-state index in [1.807, 2.05) is 12.1 Å². The molecule has 6 nitrogen and oxygen atoms in total. The fraction of sp³-hybridized carbons (Fsp3) is 0.600. The second kappa shape index (κ2) is 8.45. The standard InChI is InChI=1S/C20H26BrN5OS/c1-13(2)18-23-20(28-24-18)25-8-6-17(7-9-25)26-10-5-14(19(26)27)11-16-4-3-15(21)12-22-16/h3-4,12-14,17H,5-11H2,1-2H3/t14-/m1/s1. The van der Waals surface area contributed by atoms with Crippen LogP contribution in [0.5, 0.6) is 0 Å². The maximum atomic E-state index is 13.0. The molecule has 0 bridgehead atoms. The minimum atomic E-state index is 0.0727. The predicted molar refractivity (Wildman–Crippen MR) is 115 cm³/mol. The number of amides is 1. The van der Waals surface area contributed by atoms with Crippen LogP contribution in [0.25, 0.3) is 0 Å². The molecule has 0 unspecified atom stereocenters. The molecule has 0 aromatic carbocycles. The van der Waals surface area contributed by atoms with Crippen LogP contribution in [0, 0.1) is 5.92 Å². The highest BCUT2D eigenvalue weighted by atomic mass is 79.9. The largest absolute Gasteiger partial charge is 0.347 e. The van der Waals surface area contributed by atoms with E-state index < -0.39 is 0 Å². The number of anilines is 1. The van der Waals surface area contributed by atoms with Gasteiger partial charge in [-0.05, 0) is 47.3 Å². The Bertz CT molecular complexity index is 816. The van der Waals surface area contributed by atoms with E-state index in [9.17, 15) is 4.79 Å².